The fourth-order valence-electron chi connectivity index (χ4n) is 2.00. The van der Waals surface area contributed by atoms with Crippen molar-refractivity contribution in [1.29, 1.82) is 0 Å². The molecule has 13 heavy (non-hydrogen) atoms. The normalized spacial score (nSPS) is 37.1. The SMILES string of the molecule is C=CCS(=O)(=O)NC1C2CNCC21. The molecule has 1 saturated carbocycles. The average Bonchev–Trinajstić information content (AvgIpc) is 2.51. The zero-order valence-electron chi connectivity index (χ0n) is 7.36. The van der Waals surface area contributed by atoms with Crippen molar-refractivity contribution in [3.05, 3.63) is 12.7 Å². The number of fused-ring (bicyclic) bond motifs is 1. The molecular weight excluding hydrogens is 188 g/mol. The second-order valence-electron chi connectivity index (χ2n) is 3.70. The van der Waals surface area contributed by atoms with Gasteiger partial charge in [0, 0.05) is 6.04 Å². The second-order valence-corrected chi connectivity index (χ2v) is 5.50. The van der Waals surface area contributed by atoms with Gasteiger partial charge in [0.15, 0.2) is 0 Å². The summed E-state index contributed by atoms with van der Waals surface area (Å²) >= 11 is 0. The Hall–Kier alpha value is -0.390. The third-order valence-electron chi connectivity index (χ3n) is 2.74. The smallest absolute Gasteiger partial charge is 0.215 e. The third-order valence-corrected chi connectivity index (χ3v) is 4.05. The molecule has 2 rings (SSSR count). The van der Waals surface area contributed by atoms with Crippen molar-refractivity contribution in [1.82, 2.24) is 10.0 Å². The summed E-state index contributed by atoms with van der Waals surface area (Å²) in [5, 5.41) is 3.21. The van der Waals surface area contributed by atoms with Crippen molar-refractivity contribution >= 4 is 10.0 Å². The van der Waals surface area contributed by atoms with Gasteiger partial charge in [0.05, 0.1) is 5.75 Å². The molecular formula is C8H14N2O2S. The van der Waals surface area contributed by atoms with Crippen molar-refractivity contribution in [2.45, 2.75) is 6.04 Å². The van der Waals surface area contributed by atoms with Gasteiger partial charge < -0.3 is 5.32 Å². The number of hydrogen-bond acceptors (Lipinski definition) is 3. The van der Waals surface area contributed by atoms with Crippen LogP contribution in [-0.4, -0.2) is 33.3 Å². The first-order valence-electron chi connectivity index (χ1n) is 4.45. The maximum atomic E-state index is 11.3. The topological polar surface area (TPSA) is 58.2 Å². The monoisotopic (exact) mass is 202 g/mol. The molecule has 2 fully saturated rings. The summed E-state index contributed by atoms with van der Waals surface area (Å²) in [5.74, 6) is 1.08. The summed E-state index contributed by atoms with van der Waals surface area (Å²) in [6.07, 6.45) is 1.42. The van der Waals surface area contributed by atoms with Gasteiger partial charge in [-0.25, -0.2) is 13.1 Å². The maximum absolute atomic E-state index is 11.3. The van der Waals surface area contributed by atoms with Crippen LogP contribution < -0.4 is 10.0 Å². The molecule has 74 valence electrons. The number of piperidine rings is 1. The van der Waals surface area contributed by atoms with E-state index in [1.54, 1.807) is 0 Å². The highest BCUT2D eigenvalue weighted by atomic mass is 32.2. The molecule has 5 heteroatoms. The van der Waals surface area contributed by atoms with E-state index in [0.29, 0.717) is 11.8 Å². The highest BCUT2D eigenvalue weighted by Gasteiger charge is 2.54. The molecule has 0 amide bonds. The van der Waals surface area contributed by atoms with Gasteiger partial charge >= 0.3 is 0 Å². The Bertz CT molecular complexity index is 302. The molecule has 0 radical (unpaired) electrons. The highest BCUT2D eigenvalue weighted by Crippen LogP contribution is 2.41. The third kappa shape index (κ3) is 1.77. The molecule has 0 aromatic carbocycles. The number of rotatable bonds is 4. The Balaban J connectivity index is 1.89. The summed E-state index contributed by atoms with van der Waals surface area (Å²) in [7, 11) is -3.11. The molecule has 0 spiro atoms. The van der Waals surface area contributed by atoms with E-state index in [1.807, 2.05) is 0 Å². The predicted molar refractivity (Wildman–Crippen MR) is 50.8 cm³/mol. The van der Waals surface area contributed by atoms with Crippen LogP contribution in [0.2, 0.25) is 0 Å². The van der Waals surface area contributed by atoms with Gasteiger partial charge in [0.25, 0.3) is 0 Å². The lowest BCUT2D eigenvalue weighted by molar-refractivity contribution is 0.568. The van der Waals surface area contributed by atoms with E-state index in [0.717, 1.165) is 13.1 Å². The standard InChI is InChI=1S/C8H14N2O2S/c1-2-3-13(11,12)10-8-6-4-9-5-7(6)8/h2,6-10H,1,3-5H2. The zero-order valence-corrected chi connectivity index (χ0v) is 8.18. The fraction of sp³-hybridized carbons (Fsp3) is 0.750. The Morgan fingerprint density at radius 1 is 1.46 bits per heavy atom. The first-order chi connectivity index (χ1) is 6.14. The minimum absolute atomic E-state index is 0.0242. The molecule has 2 N–H and O–H groups in total. The molecule has 4 nitrogen and oxygen atoms in total. The van der Waals surface area contributed by atoms with Gasteiger partial charge in [-0.3, -0.25) is 0 Å². The number of sulfonamides is 1. The van der Waals surface area contributed by atoms with Crippen molar-refractivity contribution in [3.63, 3.8) is 0 Å². The van der Waals surface area contributed by atoms with Crippen molar-refractivity contribution in [2.75, 3.05) is 18.8 Å². The largest absolute Gasteiger partial charge is 0.316 e. The van der Waals surface area contributed by atoms with E-state index in [2.05, 4.69) is 16.6 Å². The average molecular weight is 202 g/mol. The molecule has 1 aliphatic heterocycles. The van der Waals surface area contributed by atoms with Gasteiger partial charge in [0.1, 0.15) is 0 Å². The Morgan fingerprint density at radius 2 is 2.08 bits per heavy atom. The van der Waals surface area contributed by atoms with E-state index in [1.165, 1.54) is 6.08 Å². The Morgan fingerprint density at radius 3 is 2.62 bits per heavy atom. The Kier molecular flexibility index (Phi) is 2.17. The highest BCUT2D eigenvalue weighted by molar-refractivity contribution is 7.89. The van der Waals surface area contributed by atoms with Crippen LogP contribution in [0.3, 0.4) is 0 Å². The van der Waals surface area contributed by atoms with Crippen LogP contribution in [0.25, 0.3) is 0 Å². The van der Waals surface area contributed by atoms with E-state index in [-0.39, 0.29) is 11.8 Å². The first kappa shape index (κ1) is 9.18. The number of hydrogen-bond donors (Lipinski definition) is 2. The lowest BCUT2D eigenvalue weighted by atomic mass is 10.4. The molecule has 2 unspecified atom stereocenters. The van der Waals surface area contributed by atoms with Crippen LogP contribution in [0.1, 0.15) is 0 Å². The van der Waals surface area contributed by atoms with E-state index < -0.39 is 10.0 Å². The number of nitrogens with one attached hydrogen (secondary N) is 2. The summed E-state index contributed by atoms with van der Waals surface area (Å²) in [6, 6.07) is 0.186. The second kappa shape index (κ2) is 3.08. The lowest BCUT2D eigenvalue weighted by Crippen LogP contribution is -2.33. The van der Waals surface area contributed by atoms with E-state index in [4.69, 9.17) is 0 Å². The summed E-state index contributed by atoms with van der Waals surface area (Å²) < 4.78 is 25.3. The zero-order chi connectivity index (χ0) is 9.47. The molecule has 0 aromatic heterocycles. The lowest BCUT2D eigenvalue weighted by Gasteiger charge is -2.06. The van der Waals surface area contributed by atoms with Crippen LogP contribution in [0, 0.1) is 11.8 Å². The van der Waals surface area contributed by atoms with Gasteiger partial charge in [0.2, 0.25) is 10.0 Å². The molecule has 0 bridgehead atoms. The minimum atomic E-state index is -3.11. The van der Waals surface area contributed by atoms with Crippen LogP contribution in [-0.2, 0) is 10.0 Å². The summed E-state index contributed by atoms with van der Waals surface area (Å²) in [4.78, 5) is 0. The van der Waals surface area contributed by atoms with Crippen molar-refractivity contribution < 1.29 is 8.42 Å². The fourth-order valence-corrected chi connectivity index (χ4v) is 3.17. The summed E-state index contributed by atoms with van der Waals surface area (Å²) in [6.45, 7) is 5.31. The van der Waals surface area contributed by atoms with Gasteiger partial charge in [-0.15, -0.1) is 6.58 Å². The first-order valence-corrected chi connectivity index (χ1v) is 6.11. The van der Waals surface area contributed by atoms with Crippen LogP contribution >= 0.6 is 0 Å². The van der Waals surface area contributed by atoms with Crippen molar-refractivity contribution in [2.24, 2.45) is 11.8 Å². The van der Waals surface area contributed by atoms with Crippen LogP contribution in [0.15, 0.2) is 12.7 Å². The van der Waals surface area contributed by atoms with Crippen LogP contribution in [0.4, 0.5) is 0 Å². The molecule has 2 aliphatic rings. The van der Waals surface area contributed by atoms with Gasteiger partial charge in [-0.1, -0.05) is 6.08 Å². The van der Waals surface area contributed by atoms with Crippen LogP contribution in [0.5, 0.6) is 0 Å². The van der Waals surface area contributed by atoms with Crippen molar-refractivity contribution in [3.8, 4) is 0 Å². The maximum Gasteiger partial charge on any atom is 0.215 e. The van der Waals surface area contributed by atoms with Gasteiger partial charge in [-0.2, -0.15) is 0 Å². The molecule has 2 atom stereocenters. The molecule has 0 aromatic rings. The minimum Gasteiger partial charge on any atom is -0.316 e. The molecule has 1 heterocycles. The quantitative estimate of drug-likeness (QED) is 0.593. The predicted octanol–water partition coefficient (Wildman–Crippen LogP) is -0.690. The Labute approximate surface area is 78.5 Å². The van der Waals surface area contributed by atoms with E-state index in [9.17, 15) is 8.42 Å². The molecule has 1 aliphatic carbocycles. The molecule has 1 saturated heterocycles. The van der Waals surface area contributed by atoms with Gasteiger partial charge in [-0.05, 0) is 24.9 Å². The summed E-state index contributed by atoms with van der Waals surface area (Å²) in [5.41, 5.74) is 0. The van der Waals surface area contributed by atoms with E-state index >= 15 is 0 Å².